The van der Waals surface area contributed by atoms with Crippen LogP contribution >= 0.6 is 0 Å². The predicted octanol–water partition coefficient (Wildman–Crippen LogP) is 1.97. The van der Waals surface area contributed by atoms with E-state index in [1.165, 1.54) is 12.8 Å². The first-order chi connectivity index (χ1) is 9.00. The number of hydrogen-bond acceptors (Lipinski definition) is 3. The van der Waals surface area contributed by atoms with Crippen LogP contribution in [-0.2, 0) is 10.0 Å². The standard InChI is InChI=1S/C14H28N2O2S/c1-12-7-3-4-9-14(12)16(2)19(17,18)11-13-8-5-6-10-15-13/h12-15H,3-11H2,1-2H3. The van der Waals surface area contributed by atoms with Gasteiger partial charge in [0.15, 0.2) is 0 Å². The van der Waals surface area contributed by atoms with Crippen LogP contribution in [0.15, 0.2) is 0 Å². The van der Waals surface area contributed by atoms with Gasteiger partial charge in [-0.2, -0.15) is 0 Å². The van der Waals surface area contributed by atoms with E-state index in [0.717, 1.165) is 38.6 Å². The first-order valence-corrected chi connectivity index (χ1v) is 9.31. The first kappa shape index (κ1) is 15.3. The summed E-state index contributed by atoms with van der Waals surface area (Å²) >= 11 is 0. The summed E-state index contributed by atoms with van der Waals surface area (Å²) in [5.41, 5.74) is 0. The average Bonchev–Trinajstić information content (AvgIpc) is 2.39. The van der Waals surface area contributed by atoms with Crippen LogP contribution in [0.25, 0.3) is 0 Å². The second-order valence-electron chi connectivity index (χ2n) is 6.27. The summed E-state index contributed by atoms with van der Waals surface area (Å²) in [5.74, 6) is 0.764. The van der Waals surface area contributed by atoms with Crippen LogP contribution in [0.1, 0.15) is 51.9 Å². The monoisotopic (exact) mass is 288 g/mol. The molecule has 2 aliphatic rings. The SMILES string of the molecule is CC1CCCCC1N(C)S(=O)(=O)CC1CCCCN1. The second kappa shape index (κ2) is 6.55. The summed E-state index contributed by atoms with van der Waals surface area (Å²) in [6.45, 7) is 3.15. The summed E-state index contributed by atoms with van der Waals surface area (Å²) in [5, 5.41) is 3.34. The van der Waals surface area contributed by atoms with E-state index in [9.17, 15) is 8.42 Å². The number of nitrogens with one attached hydrogen (secondary N) is 1. The molecule has 0 aromatic rings. The van der Waals surface area contributed by atoms with Gasteiger partial charge in [-0.05, 0) is 38.1 Å². The summed E-state index contributed by atoms with van der Waals surface area (Å²) in [7, 11) is -1.34. The van der Waals surface area contributed by atoms with Crippen molar-refractivity contribution in [2.45, 2.75) is 64.0 Å². The fourth-order valence-electron chi connectivity index (χ4n) is 3.48. The Kier molecular flexibility index (Phi) is 5.26. The molecule has 0 radical (unpaired) electrons. The Morgan fingerprint density at radius 2 is 1.79 bits per heavy atom. The Hall–Kier alpha value is -0.130. The molecule has 1 saturated carbocycles. The second-order valence-corrected chi connectivity index (χ2v) is 8.34. The van der Waals surface area contributed by atoms with E-state index in [-0.39, 0.29) is 17.8 Å². The summed E-state index contributed by atoms with van der Waals surface area (Å²) in [4.78, 5) is 0. The summed E-state index contributed by atoms with van der Waals surface area (Å²) < 4.78 is 26.7. The minimum absolute atomic E-state index is 0.153. The fraction of sp³-hybridized carbons (Fsp3) is 1.00. The van der Waals surface area contributed by atoms with Crippen molar-refractivity contribution in [3.63, 3.8) is 0 Å². The van der Waals surface area contributed by atoms with Crippen LogP contribution in [0.5, 0.6) is 0 Å². The van der Waals surface area contributed by atoms with Gasteiger partial charge in [-0.3, -0.25) is 0 Å². The third kappa shape index (κ3) is 3.92. The van der Waals surface area contributed by atoms with Gasteiger partial charge in [0.1, 0.15) is 0 Å². The molecule has 0 amide bonds. The van der Waals surface area contributed by atoms with Crippen molar-refractivity contribution in [1.82, 2.24) is 9.62 Å². The van der Waals surface area contributed by atoms with Crippen molar-refractivity contribution in [3.8, 4) is 0 Å². The lowest BCUT2D eigenvalue weighted by Crippen LogP contribution is -2.48. The molecule has 1 N–H and O–H groups in total. The highest BCUT2D eigenvalue weighted by atomic mass is 32.2. The van der Waals surface area contributed by atoms with Crippen molar-refractivity contribution in [2.75, 3.05) is 19.3 Å². The number of piperidine rings is 1. The molecule has 4 nitrogen and oxygen atoms in total. The smallest absolute Gasteiger partial charge is 0.215 e. The topological polar surface area (TPSA) is 49.4 Å². The molecular weight excluding hydrogens is 260 g/mol. The Labute approximate surface area is 118 Å². The van der Waals surface area contributed by atoms with Crippen LogP contribution in [0, 0.1) is 5.92 Å². The van der Waals surface area contributed by atoms with E-state index in [4.69, 9.17) is 0 Å². The lowest BCUT2D eigenvalue weighted by molar-refractivity contribution is 0.212. The van der Waals surface area contributed by atoms with E-state index in [1.54, 1.807) is 11.4 Å². The molecular formula is C14H28N2O2S. The summed E-state index contributed by atoms with van der Waals surface area (Å²) in [6.07, 6.45) is 7.91. The quantitative estimate of drug-likeness (QED) is 0.860. The van der Waals surface area contributed by atoms with Gasteiger partial charge < -0.3 is 5.32 Å². The van der Waals surface area contributed by atoms with E-state index in [2.05, 4.69) is 12.2 Å². The van der Waals surface area contributed by atoms with E-state index in [0.29, 0.717) is 5.92 Å². The van der Waals surface area contributed by atoms with Crippen LogP contribution in [0.3, 0.4) is 0 Å². The predicted molar refractivity (Wildman–Crippen MR) is 78.6 cm³/mol. The van der Waals surface area contributed by atoms with Gasteiger partial charge in [0, 0.05) is 19.1 Å². The molecule has 0 spiro atoms. The molecule has 0 aromatic heterocycles. The Bertz CT molecular complexity index is 377. The minimum atomic E-state index is -3.12. The van der Waals surface area contributed by atoms with Crippen molar-refractivity contribution in [3.05, 3.63) is 0 Å². The molecule has 3 atom stereocenters. The third-order valence-corrected chi connectivity index (χ3v) is 6.77. The van der Waals surface area contributed by atoms with E-state index in [1.807, 2.05) is 0 Å². The Morgan fingerprint density at radius 3 is 2.42 bits per heavy atom. The van der Waals surface area contributed by atoms with Gasteiger partial charge in [-0.1, -0.05) is 26.2 Å². The highest BCUT2D eigenvalue weighted by Crippen LogP contribution is 2.29. The van der Waals surface area contributed by atoms with Gasteiger partial charge >= 0.3 is 0 Å². The van der Waals surface area contributed by atoms with E-state index >= 15 is 0 Å². The molecule has 2 rings (SSSR count). The molecule has 1 aliphatic heterocycles. The van der Waals surface area contributed by atoms with Crippen LogP contribution < -0.4 is 5.32 Å². The fourth-order valence-corrected chi connectivity index (χ4v) is 5.24. The number of nitrogens with zero attached hydrogens (tertiary/aromatic N) is 1. The normalized spacial score (nSPS) is 33.5. The van der Waals surface area contributed by atoms with Crippen LogP contribution in [-0.4, -0.2) is 44.2 Å². The third-order valence-electron chi connectivity index (χ3n) is 4.80. The molecule has 1 heterocycles. The molecule has 0 bridgehead atoms. The maximum Gasteiger partial charge on any atom is 0.215 e. The average molecular weight is 288 g/mol. The first-order valence-electron chi connectivity index (χ1n) is 7.70. The zero-order valence-corrected chi connectivity index (χ0v) is 13.1. The zero-order valence-electron chi connectivity index (χ0n) is 12.3. The molecule has 2 fully saturated rings. The van der Waals surface area contributed by atoms with Gasteiger partial charge in [0.05, 0.1) is 5.75 Å². The molecule has 0 aromatic carbocycles. The number of rotatable bonds is 4. The molecule has 1 saturated heterocycles. The Balaban J connectivity index is 1.97. The van der Waals surface area contributed by atoms with Crippen LogP contribution in [0.4, 0.5) is 0 Å². The molecule has 19 heavy (non-hydrogen) atoms. The molecule has 3 unspecified atom stereocenters. The van der Waals surface area contributed by atoms with Gasteiger partial charge in [-0.15, -0.1) is 0 Å². The largest absolute Gasteiger partial charge is 0.313 e. The van der Waals surface area contributed by atoms with Gasteiger partial charge in [0.25, 0.3) is 0 Å². The van der Waals surface area contributed by atoms with Crippen LogP contribution in [0.2, 0.25) is 0 Å². The summed E-state index contributed by atoms with van der Waals surface area (Å²) in [6, 6.07) is 0.363. The van der Waals surface area contributed by atoms with Gasteiger partial charge in [-0.25, -0.2) is 12.7 Å². The van der Waals surface area contributed by atoms with Crippen molar-refractivity contribution in [2.24, 2.45) is 5.92 Å². The molecule has 1 aliphatic carbocycles. The lowest BCUT2D eigenvalue weighted by atomic mass is 9.86. The number of hydrogen-bond donors (Lipinski definition) is 1. The van der Waals surface area contributed by atoms with Gasteiger partial charge in [0.2, 0.25) is 10.0 Å². The lowest BCUT2D eigenvalue weighted by Gasteiger charge is -2.36. The maximum absolute atomic E-state index is 12.5. The Morgan fingerprint density at radius 1 is 1.11 bits per heavy atom. The molecule has 5 heteroatoms. The zero-order chi connectivity index (χ0) is 13.9. The number of sulfonamides is 1. The highest BCUT2D eigenvalue weighted by Gasteiger charge is 2.33. The van der Waals surface area contributed by atoms with Crippen molar-refractivity contribution in [1.29, 1.82) is 0 Å². The maximum atomic E-state index is 12.5. The minimum Gasteiger partial charge on any atom is -0.313 e. The molecule has 112 valence electrons. The highest BCUT2D eigenvalue weighted by molar-refractivity contribution is 7.89. The van der Waals surface area contributed by atoms with Crippen molar-refractivity contribution >= 4 is 10.0 Å². The van der Waals surface area contributed by atoms with E-state index < -0.39 is 10.0 Å². The van der Waals surface area contributed by atoms with Crippen molar-refractivity contribution < 1.29 is 8.42 Å².